The number of thiophene rings is 1. The van der Waals surface area contributed by atoms with E-state index in [-0.39, 0.29) is 0 Å². The number of rotatable bonds is 7. The lowest BCUT2D eigenvalue weighted by Crippen LogP contribution is -2.32. The fourth-order valence-electron chi connectivity index (χ4n) is 2.25. The van der Waals surface area contributed by atoms with Crippen LogP contribution in [0.3, 0.4) is 0 Å². The third-order valence-corrected chi connectivity index (χ3v) is 4.88. The highest BCUT2D eigenvalue weighted by Crippen LogP contribution is 2.24. The number of halogens is 1. The summed E-state index contributed by atoms with van der Waals surface area (Å²) in [5.74, 6) is 1.06. The van der Waals surface area contributed by atoms with E-state index in [0.717, 1.165) is 29.8 Å². The Morgan fingerprint density at radius 3 is 2.95 bits per heavy atom. The normalized spacial score (nSPS) is 12.4. The van der Waals surface area contributed by atoms with E-state index >= 15 is 0 Å². The number of likely N-dealkylation sites (N-methyl/N-ethyl adjacent to an activating group) is 1. The van der Waals surface area contributed by atoms with Crippen molar-refractivity contribution in [3.63, 3.8) is 0 Å². The molecule has 2 rings (SSSR count). The largest absolute Gasteiger partial charge is 0.356 e. The van der Waals surface area contributed by atoms with Crippen LogP contribution in [0, 0.1) is 0 Å². The number of nitrogens with zero attached hydrogens (tertiary/aromatic N) is 2. The van der Waals surface area contributed by atoms with Gasteiger partial charge in [-0.15, -0.1) is 11.3 Å². The summed E-state index contributed by atoms with van der Waals surface area (Å²) < 4.78 is 1.03. The first-order valence-electron chi connectivity index (χ1n) is 7.22. The quantitative estimate of drug-likeness (QED) is 0.798. The van der Waals surface area contributed by atoms with Crippen molar-refractivity contribution < 1.29 is 0 Å². The molecule has 2 heterocycles. The smallest absolute Gasteiger partial charge is 0.133 e. The van der Waals surface area contributed by atoms with E-state index in [1.807, 2.05) is 17.5 Å². The highest BCUT2D eigenvalue weighted by molar-refractivity contribution is 9.10. The van der Waals surface area contributed by atoms with Crippen LogP contribution < -0.4 is 10.2 Å². The van der Waals surface area contributed by atoms with Gasteiger partial charge in [0, 0.05) is 47.2 Å². The summed E-state index contributed by atoms with van der Waals surface area (Å²) in [4.78, 5) is 8.32. The monoisotopic (exact) mass is 367 g/mol. The van der Waals surface area contributed by atoms with Crippen molar-refractivity contribution in [3.8, 4) is 0 Å². The van der Waals surface area contributed by atoms with E-state index in [2.05, 4.69) is 75.6 Å². The van der Waals surface area contributed by atoms with Crippen LogP contribution in [0.4, 0.5) is 5.82 Å². The fraction of sp³-hybridized carbons (Fsp3) is 0.438. The number of nitrogens with one attached hydrogen (secondary N) is 1. The molecular weight excluding hydrogens is 346 g/mol. The molecule has 0 saturated carbocycles. The lowest BCUT2D eigenvalue weighted by Gasteiger charge is -2.28. The van der Waals surface area contributed by atoms with Crippen molar-refractivity contribution in [2.24, 2.45) is 0 Å². The maximum atomic E-state index is 4.62. The minimum Gasteiger partial charge on any atom is -0.356 e. The standard InChI is InChI=1S/C16H22BrN3S/c1-4-18-10-13-9-14(17)11-19-16(13)20(3)12(2)8-15-6-5-7-21-15/h5-7,9,11-12,18H,4,8,10H2,1-3H3. The number of pyridine rings is 1. The molecule has 1 atom stereocenters. The third kappa shape index (κ3) is 4.53. The number of aromatic nitrogens is 1. The average Bonchev–Trinajstić information content (AvgIpc) is 2.97. The summed E-state index contributed by atoms with van der Waals surface area (Å²) in [7, 11) is 2.13. The van der Waals surface area contributed by atoms with Crippen LogP contribution in [0.25, 0.3) is 0 Å². The van der Waals surface area contributed by atoms with Crippen LogP contribution in [0.5, 0.6) is 0 Å². The first kappa shape index (κ1) is 16.5. The molecule has 21 heavy (non-hydrogen) atoms. The molecule has 0 bridgehead atoms. The van der Waals surface area contributed by atoms with E-state index in [9.17, 15) is 0 Å². The van der Waals surface area contributed by atoms with Gasteiger partial charge >= 0.3 is 0 Å². The lowest BCUT2D eigenvalue weighted by molar-refractivity contribution is 0.665. The first-order chi connectivity index (χ1) is 10.1. The van der Waals surface area contributed by atoms with Crippen molar-refractivity contribution in [2.75, 3.05) is 18.5 Å². The highest BCUT2D eigenvalue weighted by Gasteiger charge is 2.16. The van der Waals surface area contributed by atoms with Gasteiger partial charge in [0.15, 0.2) is 0 Å². The third-order valence-electron chi connectivity index (χ3n) is 3.55. The van der Waals surface area contributed by atoms with Crippen LogP contribution in [-0.4, -0.2) is 24.6 Å². The van der Waals surface area contributed by atoms with Crippen molar-refractivity contribution in [1.29, 1.82) is 0 Å². The molecule has 1 N–H and O–H groups in total. The van der Waals surface area contributed by atoms with Gasteiger partial charge in [-0.3, -0.25) is 0 Å². The van der Waals surface area contributed by atoms with Crippen LogP contribution in [0.15, 0.2) is 34.2 Å². The molecule has 0 aliphatic heterocycles. The van der Waals surface area contributed by atoms with Gasteiger partial charge < -0.3 is 10.2 Å². The van der Waals surface area contributed by atoms with E-state index < -0.39 is 0 Å². The second-order valence-corrected chi connectivity index (χ2v) is 7.11. The Kier molecular flexibility index (Phi) is 6.21. The van der Waals surface area contributed by atoms with Gasteiger partial charge in [0.1, 0.15) is 5.82 Å². The second-order valence-electron chi connectivity index (χ2n) is 5.16. The molecule has 0 aliphatic rings. The Bertz CT molecular complexity index is 557. The summed E-state index contributed by atoms with van der Waals surface area (Å²) in [5.41, 5.74) is 1.23. The maximum absolute atomic E-state index is 4.62. The molecule has 0 aromatic carbocycles. The first-order valence-corrected chi connectivity index (χ1v) is 8.89. The average molecular weight is 368 g/mol. The van der Waals surface area contributed by atoms with Gasteiger partial charge in [0.05, 0.1) is 0 Å². The molecule has 0 saturated heterocycles. The molecule has 2 aromatic heterocycles. The molecule has 114 valence electrons. The maximum Gasteiger partial charge on any atom is 0.133 e. The summed E-state index contributed by atoms with van der Waals surface area (Å²) in [6.45, 7) is 6.17. The lowest BCUT2D eigenvalue weighted by atomic mass is 10.1. The minimum absolute atomic E-state index is 0.415. The Hall–Kier alpha value is -0.910. The van der Waals surface area contributed by atoms with Gasteiger partial charge in [-0.25, -0.2) is 4.98 Å². The van der Waals surface area contributed by atoms with Crippen LogP contribution in [0.1, 0.15) is 24.3 Å². The number of anilines is 1. The molecule has 0 fully saturated rings. The van der Waals surface area contributed by atoms with Crippen LogP contribution in [-0.2, 0) is 13.0 Å². The zero-order valence-electron chi connectivity index (χ0n) is 12.8. The summed E-state index contributed by atoms with van der Waals surface area (Å²) >= 11 is 5.33. The second kappa shape index (κ2) is 7.92. The van der Waals surface area contributed by atoms with Crippen molar-refractivity contribution in [2.45, 2.75) is 32.9 Å². The molecule has 2 aromatic rings. The Morgan fingerprint density at radius 1 is 1.48 bits per heavy atom. The van der Waals surface area contributed by atoms with Gasteiger partial charge in [-0.1, -0.05) is 13.0 Å². The molecule has 0 spiro atoms. The van der Waals surface area contributed by atoms with E-state index in [0.29, 0.717) is 6.04 Å². The van der Waals surface area contributed by atoms with E-state index in [4.69, 9.17) is 0 Å². The van der Waals surface area contributed by atoms with Gasteiger partial charge in [-0.05, 0) is 46.9 Å². The topological polar surface area (TPSA) is 28.2 Å². The Morgan fingerprint density at radius 2 is 2.29 bits per heavy atom. The fourth-order valence-corrected chi connectivity index (χ4v) is 3.45. The number of hydrogen-bond acceptors (Lipinski definition) is 4. The molecule has 1 unspecified atom stereocenters. The van der Waals surface area contributed by atoms with Crippen molar-refractivity contribution >= 4 is 33.1 Å². The van der Waals surface area contributed by atoms with Gasteiger partial charge in [-0.2, -0.15) is 0 Å². The zero-order valence-corrected chi connectivity index (χ0v) is 15.2. The van der Waals surface area contributed by atoms with Crippen molar-refractivity contribution in [3.05, 3.63) is 44.7 Å². The molecule has 0 aliphatic carbocycles. The van der Waals surface area contributed by atoms with E-state index in [1.165, 1.54) is 10.4 Å². The molecule has 0 radical (unpaired) electrons. The molecular formula is C16H22BrN3S. The van der Waals surface area contributed by atoms with Gasteiger partial charge in [0.25, 0.3) is 0 Å². The summed E-state index contributed by atoms with van der Waals surface area (Å²) in [6, 6.07) is 6.88. The highest BCUT2D eigenvalue weighted by atomic mass is 79.9. The van der Waals surface area contributed by atoms with Gasteiger partial charge in [0.2, 0.25) is 0 Å². The van der Waals surface area contributed by atoms with E-state index in [1.54, 1.807) is 0 Å². The number of hydrogen-bond donors (Lipinski definition) is 1. The Labute approximate surface area is 139 Å². The zero-order chi connectivity index (χ0) is 15.2. The molecule has 5 heteroatoms. The predicted octanol–water partition coefficient (Wildman–Crippen LogP) is 4.08. The predicted molar refractivity (Wildman–Crippen MR) is 95.2 cm³/mol. The molecule has 3 nitrogen and oxygen atoms in total. The van der Waals surface area contributed by atoms with Crippen molar-refractivity contribution in [1.82, 2.24) is 10.3 Å². The van der Waals surface area contributed by atoms with Crippen LogP contribution >= 0.6 is 27.3 Å². The summed E-state index contributed by atoms with van der Waals surface area (Å²) in [6.07, 6.45) is 2.92. The molecule has 0 amide bonds. The SMILES string of the molecule is CCNCc1cc(Br)cnc1N(C)C(C)Cc1cccs1. The van der Waals surface area contributed by atoms with Crippen LogP contribution in [0.2, 0.25) is 0 Å². The summed E-state index contributed by atoms with van der Waals surface area (Å²) in [5, 5.41) is 5.52. The minimum atomic E-state index is 0.415. The Balaban J connectivity index is 2.15.